The van der Waals surface area contributed by atoms with E-state index in [2.05, 4.69) is 29.2 Å². The number of fused-ring (bicyclic) bond motifs is 1. The van der Waals surface area contributed by atoms with E-state index < -0.39 is 6.10 Å². The fraction of sp³-hybridized carbons (Fsp3) is 0.533. The minimum Gasteiger partial charge on any atom is -0.390 e. The van der Waals surface area contributed by atoms with Crippen molar-refractivity contribution < 1.29 is 9.90 Å². The average Bonchev–Trinajstić information content (AvgIpc) is 2.46. The summed E-state index contributed by atoms with van der Waals surface area (Å²) in [5.74, 6) is 0. The highest BCUT2D eigenvalue weighted by Gasteiger charge is 2.33. The van der Waals surface area contributed by atoms with Crippen molar-refractivity contribution in [1.82, 2.24) is 9.80 Å². The Kier molecular flexibility index (Phi) is 5.02. The minimum absolute atomic E-state index is 0. The molecular weight excluding hydrogens is 276 g/mol. The molecule has 2 atom stereocenters. The predicted molar refractivity (Wildman–Crippen MR) is 79.9 cm³/mol. The van der Waals surface area contributed by atoms with Gasteiger partial charge in [-0.15, -0.1) is 12.4 Å². The van der Waals surface area contributed by atoms with E-state index >= 15 is 0 Å². The van der Waals surface area contributed by atoms with Crippen LogP contribution < -0.4 is 0 Å². The molecule has 2 heterocycles. The maximum Gasteiger partial charge on any atom is 0.209 e. The average molecular weight is 297 g/mol. The Morgan fingerprint density at radius 2 is 1.95 bits per heavy atom. The first kappa shape index (κ1) is 15.3. The third-order valence-corrected chi connectivity index (χ3v) is 4.36. The predicted octanol–water partition coefficient (Wildman–Crippen LogP) is 1.06. The van der Waals surface area contributed by atoms with Crippen molar-refractivity contribution in [3.05, 3.63) is 35.4 Å². The molecule has 1 fully saturated rings. The lowest BCUT2D eigenvalue weighted by Crippen LogP contribution is -2.54. The maximum atomic E-state index is 10.8. The van der Waals surface area contributed by atoms with Crippen molar-refractivity contribution in [3.63, 3.8) is 0 Å². The van der Waals surface area contributed by atoms with Gasteiger partial charge in [0.1, 0.15) is 0 Å². The first-order chi connectivity index (χ1) is 9.28. The van der Waals surface area contributed by atoms with Gasteiger partial charge in [0, 0.05) is 32.2 Å². The van der Waals surface area contributed by atoms with Gasteiger partial charge in [0.25, 0.3) is 0 Å². The molecule has 2 aliphatic rings. The van der Waals surface area contributed by atoms with Crippen LogP contribution in [0.4, 0.5) is 0 Å². The van der Waals surface area contributed by atoms with Crippen molar-refractivity contribution in [2.45, 2.75) is 31.5 Å². The minimum atomic E-state index is -0.427. The summed E-state index contributed by atoms with van der Waals surface area (Å²) in [4.78, 5) is 14.8. The van der Waals surface area contributed by atoms with Crippen LogP contribution in [-0.4, -0.2) is 53.1 Å². The van der Waals surface area contributed by atoms with E-state index in [-0.39, 0.29) is 18.4 Å². The largest absolute Gasteiger partial charge is 0.390 e. The zero-order chi connectivity index (χ0) is 13.2. The van der Waals surface area contributed by atoms with E-state index in [0.29, 0.717) is 6.54 Å². The number of likely N-dealkylation sites (tertiary alicyclic amines) is 1. The second-order valence-electron chi connectivity index (χ2n) is 5.51. The molecule has 20 heavy (non-hydrogen) atoms. The van der Waals surface area contributed by atoms with Crippen molar-refractivity contribution in [2.24, 2.45) is 0 Å². The Bertz CT molecular complexity index is 469. The van der Waals surface area contributed by atoms with Crippen LogP contribution >= 0.6 is 12.4 Å². The maximum absolute atomic E-state index is 10.8. The molecule has 0 spiro atoms. The van der Waals surface area contributed by atoms with E-state index in [1.165, 1.54) is 11.1 Å². The van der Waals surface area contributed by atoms with Crippen LogP contribution in [0.5, 0.6) is 0 Å². The van der Waals surface area contributed by atoms with Gasteiger partial charge in [0.2, 0.25) is 6.41 Å². The number of nitrogens with zero attached hydrogens (tertiary/aromatic N) is 2. The summed E-state index contributed by atoms with van der Waals surface area (Å²) in [5.41, 5.74) is 2.80. The number of carbonyl (C=O) groups excluding carboxylic acids is 1. The summed E-state index contributed by atoms with van der Waals surface area (Å²) in [5, 5.41) is 10.2. The first-order valence-corrected chi connectivity index (χ1v) is 6.96. The number of carbonyl (C=O) groups is 1. The molecule has 1 saturated heterocycles. The Balaban J connectivity index is 0.00000147. The quantitative estimate of drug-likeness (QED) is 0.830. The molecule has 3 rings (SSSR count). The second kappa shape index (κ2) is 6.57. The summed E-state index contributed by atoms with van der Waals surface area (Å²) in [6.45, 7) is 3.13. The van der Waals surface area contributed by atoms with Gasteiger partial charge in [-0.2, -0.15) is 0 Å². The zero-order valence-corrected chi connectivity index (χ0v) is 12.3. The lowest BCUT2D eigenvalue weighted by molar-refractivity contribution is -0.123. The summed E-state index contributed by atoms with van der Waals surface area (Å²) in [6.07, 6.45) is 2.33. The molecule has 110 valence electrons. The number of aliphatic hydroxyl groups is 1. The lowest BCUT2D eigenvalue weighted by atomic mass is 9.94. The molecule has 5 heteroatoms. The monoisotopic (exact) mass is 296 g/mol. The number of hydrogen-bond donors (Lipinski definition) is 1. The number of aliphatic hydroxyl groups excluding tert-OH is 1. The molecule has 1 amide bonds. The molecule has 1 N–H and O–H groups in total. The number of rotatable bonds is 2. The highest BCUT2D eigenvalue weighted by Crippen LogP contribution is 2.24. The van der Waals surface area contributed by atoms with Crippen LogP contribution in [0.3, 0.4) is 0 Å². The molecule has 1 aromatic carbocycles. The van der Waals surface area contributed by atoms with Gasteiger partial charge in [-0.25, -0.2) is 0 Å². The molecule has 2 aliphatic heterocycles. The van der Waals surface area contributed by atoms with Crippen LogP contribution in [-0.2, 0) is 17.8 Å². The molecule has 0 saturated carbocycles. The number of piperidine rings is 1. The number of benzene rings is 1. The van der Waals surface area contributed by atoms with Crippen LogP contribution in [0.25, 0.3) is 0 Å². The summed E-state index contributed by atoms with van der Waals surface area (Å²) in [6, 6.07) is 8.72. The van der Waals surface area contributed by atoms with Crippen LogP contribution in [0.2, 0.25) is 0 Å². The van der Waals surface area contributed by atoms with E-state index in [9.17, 15) is 9.90 Å². The van der Waals surface area contributed by atoms with Crippen molar-refractivity contribution in [2.75, 3.05) is 19.6 Å². The Hall–Kier alpha value is -1.10. The molecule has 0 aromatic heterocycles. The van der Waals surface area contributed by atoms with E-state index in [0.717, 1.165) is 38.9 Å². The molecule has 0 aliphatic carbocycles. The highest BCUT2D eigenvalue weighted by atomic mass is 35.5. The van der Waals surface area contributed by atoms with Gasteiger partial charge >= 0.3 is 0 Å². The highest BCUT2D eigenvalue weighted by molar-refractivity contribution is 5.85. The normalized spacial score (nSPS) is 26.6. The fourth-order valence-electron chi connectivity index (χ4n) is 3.27. The third kappa shape index (κ3) is 2.97. The summed E-state index contributed by atoms with van der Waals surface area (Å²) in [7, 11) is 0. The van der Waals surface area contributed by atoms with Crippen LogP contribution in [0.1, 0.15) is 17.5 Å². The second-order valence-corrected chi connectivity index (χ2v) is 5.51. The molecular formula is C15H21ClN2O2. The third-order valence-electron chi connectivity index (χ3n) is 4.36. The molecule has 0 bridgehead atoms. The number of amides is 1. The Morgan fingerprint density at radius 3 is 2.65 bits per heavy atom. The number of hydrogen-bond acceptors (Lipinski definition) is 3. The topological polar surface area (TPSA) is 43.8 Å². The molecule has 0 radical (unpaired) electrons. The van der Waals surface area contributed by atoms with Crippen molar-refractivity contribution in [1.29, 1.82) is 0 Å². The summed E-state index contributed by atoms with van der Waals surface area (Å²) >= 11 is 0. The van der Waals surface area contributed by atoms with Crippen molar-refractivity contribution >= 4 is 18.8 Å². The van der Waals surface area contributed by atoms with Gasteiger partial charge in [-0.1, -0.05) is 24.3 Å². The van der Waals surface area contributed by atoms with Crippen LogP contribution in [0, 0.1) is 0 Å². The van der Waals surface area contributed by atoms with Gasteiger partial charge < -0.3 is 10.0 Å². The fourth-order valence-corrected chi connectivity index (χ4v) is 3.27. The zero-order valence-electron chi connectivity index (χ0n) is 11.4. The molecule has 0 unspecified atom stereocenters. The van der Waals surface area contributed by atoms with Gasteiger partial charge in [0.15, 0.2) is 0 Å². The van der Waals surface area contributed by atoms with E-state index in [1.54, 1.807) is 4.90 Å². The Morgan fingerprint density at radius 1 is 1.20 bits per heavy atom. The number of halogens is 1. The Labute approximate surface area is 125 Å². The van der Waals surface area contributed by atoms with E-state index in [1.807, 2.05) is 0 Å². The van der Waals surface area contributed by atoms with Crippen molar-refractivity contribution in [3.8, 4) is 0 Å². The van der Waals surface area contributed by atoms with Gasteiger partial charge in [-0.3, -0.25) is 9.69 Å². The van der Waals surface area contributed by atoms with Gasteiger partial charge in [-0.05, 0) is 24.0 Å². The molecule has 1 aromatic rings. The lowest BCUT2D eigenvalue weighted by Gasteiger charge is -2.42. The van der Waals surface area contributed by atoms with Gasteiger partial charge in [0.05, 0.1) is 6.10 Å². The molecule has 4 nitrogen and oxygen atoms in total. The standard InChI is InChI=1S/C15H20N2O2.ClH/c18-11-16-7-6-14(15(19)10-16)17-8-5-12-3-1-2-4-13(12)9-17;/h1-4,11,14-15,19H,5-10H2;1H/t14-,15-;/m0./s1. The van der Waals surface area contributed by atoms with E-state index in [4.69, 9.17) is 0 Å². The van der Waals surface area contributed by atoms with Crippen LogP contribution in [0.15, 0.2) is 24.3 Å². The SMILES string of the molecule is Cl.O=CN1CC[C@H](N2CCc3ccccc3C2)[C@@H](O)C1. The number of β-amino-alcohol motifs (C(OH)–C–C–N with tert-alkyl or cyclic N) is 1. The summed E-state index contributed by atoms with van der Waals surface area (Å²) < 4.78 is 0. The first-order valence-electron chi connectivity index (χ1n) is 6.96. The smallest absolute Gasteiger partial charge is 0.209 e.